The summed E-state index contributed by atoms with van der Waals surface area (Å²) in [7, 11) is 3.24. The minimum Gasteiger partial charge on any atom is -0.489 e. The fourth-order valence-corrected chi connectivity index (χ4v) is 5.77. The van der Waals surface area contributed by atoms with E-state index < -0.39 is 30.6 Å². The maximum Gasteiger partial charge on any atom is 0.387 e. The molecule has 2 atom stereocenters. The van der Waals surface area contributed by atoms with E-state index in [1.54, 1.807) is 32.3 Å². The summed E-state index contributed by atoms with van der Waals surface area (Å²) in [5, 5.41) is 0.502. The molecule has 2 unspecified atom stereocenters. The maximum atomic E-state index is 13.8. The number of carbonyl (C=O) groups is 3. The fourth-order valence-electron chi connectivity index (χ4n) is 5.25. The number of likely N-dealkylation sites (tertiary alicyclic amines) is 1. The Morgan fingerprint density at radius 1 is 1.00 bits per heavy atom. The quantitative estimate of drug-likeness (QED) is 0.199. The van der Waals surface area contributed by atoms with Crippen LogP contribution in [0.5, 0.6) is 11.5 Å². The Hall–Kier alpha value is -3.96. The predicted molar refractivity (Wildman–Crippen MR) is 167 cm³/mol. The van der Waals surface area contributed by atoms with Crippen molar-refractivity contribution in [3.8, 4) is 11.5 Å². The van der Waals surface area contributed by atoms with Gasteiger partial charge in [-0.3, -0.25) is 14.6 Å². The number of pyridine rings is 1. The molecule has 13 heteroatoms. The standard InChI is InChI=1S/C33H33Cl2F2N3O6/c1-39(2)30(41)21-5-3-6-22(13-21)31(42)40-12-4-7-26(40)32(43)45-28(15-23-24(34)16-38-17-25(23)35)20-10-11-27(46-33(36)37)29(14-20)44-18-19-8-9-19/h3,5-6,10-11,13-14,16-17,19,26,28,33H,4,7-9,12,15,18H2,1-2H3. The van der Waals surface area contributed by atoms with Gasteiger partial charge in [-0.05, 0) is 73.1 Å². The van der Waals surface area contributed by atoms with Crippen molar-refractivity contribution >= 4 is 41.0 Å². The molecule has 0 bridgehead atoms. The largest absolute Gasteiger partial charge is 0.489 e. The number of amides is 2. The van der Waals surface area contributed by atoms with Gasteiger partial charge < -0.3 is 24.0 Å². The van der Waals surface area contributed by atoms with E-state index in [1.807, 2.05) is 0 Å². The number of halogens is 4. The maximum absolute atomic E-state index is 13.8. The molecule has 2 amide bonds. The molecular weight excluding hydrogens is 643 g/mol. The van der Waals surface area contributed by atoms with Gasteiger partial charge in [-0.15, -0.1) is 0 Å². The van der Waals surface area contributed by atoms with Crippen LogP contribution in [0.4, 0.5) is 8.78 Å². The van der Waals surface area contributed by atoms with Crippen LogP contribution in [0.15, 0.2) is 54.9 Å². The summed E-state index contributed by atoms with van der Waals surface area (Å²) in [5.74, 6) is -1.05. The first kappa shape index (κ1) is 33.4. The number of nitrogens with zero attached hydrogens (tertiary/aromatic N) is 3. The lowest BCUT2D eigenvalue weighted by atomic mass is 10.0. The summed E-state index contributed by atoms with van der Waals surface area (Å²) in [6.07, 6.45) is 4.75. The van der Waals surface area contributed by atoms with E-state index in [-0.39, 0.29) is 39.4 Å². The van der Waals surface area contributed by atoms with Crippen molar-refractivity contribution in [2.45, 2.75) is 50.9 Å². The Labute approximate surface area is 275 Å². The molecular formula is C33H33Cl2F2N3O6. The van der Waals surface area contributed by atoms with Crippen molar-refractivity contribution in [2.24, 2.45) is 5.92 Å². The second-order valence-corrected chi connectivity index (χ2v) is 12.3. The van der Waals surface area contributed by atoms with Gasteiger partial charge in [0.1, 0.15) is 12.1 Å². The zero-order chi connectivity index (χ0) is 33.0. The molecule has 2 fully saturated rings. The van der Waals surface area contributed by atoms with Crippen LogP contribution >= 0.6 is 23.2 Å². The Balaban J connectivity index is 1.43. The van der Waals surface area contributed by atoms with Crippen molar-refractivity contribution in [3.63, 3.8) is 0 Å². The molecule has 0 N–H and O–H groups in total. The van der Waals surface area contributed by atoms with E-state index in [1.165, 1.54) is 46.5 Å². The SMILES string of the molecule is CN(C)C(=O)c1cccc(C(=O)N2CCCC2C(=O)OC(Cc2c(Cl)cncc2Cl)c2ccc(OC(F)F)c(OCC3CC3)c2)c1. The molecule has 2 heterocycles. The molecule has 2 aromatic carbocycles. The Kier molecular flexibility index (Phi) is 10.6. The average Bonchev–Trinajstić information content (AvgIpc) is 3.73. The van der Waals surface area contributed by atoms with Crippen LogP contribution in [-0.4, -0.2) is 72.5 Å². The molecule has 3 aromatic rings. The minimum atomic E-state index is -3.07. The summed E-state index contributed by atoms with van der Waals surface area (Å²) >= 11 is 12.8. The van der Waals surface area contributed by atoms with Gasteiger partial charge in [0, 0.05) is 50.6 Å². The number of esters is 1. The first-order valence-electron chi connectivity index (χ1n) is 14.8. The molecule has 1 aliphatic heterocycles. The number of carbonyl (C=O) groups excluding carboxylic acids is 3. The molecule has 0 spiro atoms. The lowest BCUT2D eigenvalue weighted by Crippen LogP contribution is -2.42. The molecule has 46 heavy (non-hydrogen) atoms. The lowest BCUT2D eigenvalue weighted by Gasteiger charge is -2.27. The van der Waals surface area contributed by atoms with E-state index in [9.17, 15) is 23.2 Å². The number of alkyl halides is 2. The highest BCUT2D eigenvalue weighted by Gasteiger charge is 2.37. The highest BCUT2D eigenvalue weighted by Crippen LogP contribution is 2.38. The first-order valence-corrected chi connectivity index (χ1v) is 15.6. The molecule has 1 saturated heterocycles. The number of aromatic nitrogens is 1. The summed E-state index contributed by atoms with van der Waals surface area (Å²) in [6, 6.07) is 9.79. The highest BCUT2D eigenvalue weighted by atomic mass is 35.5. The van der Waals surface area contributed by atoms with E-state index in [0.717, 1.165) is 12.8 Å². The van der Waals surface area contributed by atoms with Crippen molar-refractivity contribution in [1.29, 1.82) is 0 Å². The summed E-state index contributed by atoms with van der Waals surface area (Å²) in [6.45, 7) is -2.42. The van der Waals surface area contributed by atoms with Crippen LogP contribution in [0.1, 0.15) is 63.6 Å². The van der Waals surface area contributed by atoms with Crippen molar-refractivity contribution < 1.29 is 37.4 Å². The van der Waals surface area contributed by atoms with Gasteiger partial charge in [0.05, 0.1) is 16.7 Å². The number of rotatable bonds is 12. The first-order chi connectivity index (χ1) is 22.0. The summed E-state index contributed by atoms with van der Waals surface area (Å²) in [5.41, 5.74) is 1.51. The fraction of sp³-hybridized carbons (Fsp3) is 0.394. The molecule has 5 rings (SSSR count). The highest BCUT2D eigenvalue weighted by molar-refractivity contribution is 6.35. The third-order valence-electron chi connectivity index (χ3n) is 7.88. The van der Waals surface area contributed by atoms with Crippen molar-refractivity contribution in [3.05, 3.63) is 87.2 Å². The molecule has 244 valence electrons. The monoisotopic (exact) mass is 675 g/mol. The molecule has 1 aliphatic carbocycles. The summed E-state index contributed by atoms with van der Waals surface area (Å²) in [4.78, 5) is 46.7. The van der Waals surface area contributed by atoms with Crippen LogP contribution < -0.4 is 9.47 Å². The van der Waals surface area contributed by atoms with Gasteiger partial charge in [0.2, 0.25) is 0 Å². The predicted octanol–water partition coefficient (Wildman–Crippen LogP) is 6.61. The van der Waals surface area contributed by atoms with Gasteiger partial charge in [-0.2, -0.15) is 8.78 Å². The molecule has 1 aromatic heterocycles. The van der Waals surface area contributed by atoms with E-state index in [2.05, 4.69) is 9.72 Å². The van der Waals surface area contributed by atoms with Crippen LogP contribution in [0.2, 0.25) is 10.0 Å². The summed E-state index contributed by atoms with van der Waals surface area (Å²) < 4.78 is 43.0. The molecule has 0 radical (unpaired) electrons. The number of hydrogen-bond acceptors (Lipinski definition) is 7. The van der Waals surface area contributed by atoms with Crippen LogP contribution in [-0.2, 0) is 16.0 Å². The van der Waals surface area contributed by atoms with Gasteiger partial charge >= 0.3 is 12.6 Å². The van der Waals surface area contributed by atoms with Gasteiger partial charge in [0.25, 0.3) is 11.8 Å². The number of ether oxygens (including phenoxy) is 3. The van der Waals surface area contributed by atoms with Crippen LogP contribution in [0, 0.1) is 5.92 Å². The minimum absolute atomic E-state index is 0.0262. The van der Waals surface area contributed by atoms with Crippen LogP contribution in [0.3, 0.4) is 0 Å². The normalized spacial score (nSPS) is 16.7. The van der Waals surface area contributed by atoms with E-state index >= 15 is 0 Å². The van der Waals surface area contributed by atoms with Gasteiger partial charge in [-0.1, -0.05) is 35.3 Å². The lowest BCUT2D eigenvalue weighted by molar-refractivity contribution is -0.154. The van der Waals surface area contributed by atoms with Gasteiger partial charge in [0.15, 0.2) is 11.5 Å². The molecule has 1 saturated carbocycles. The van der Waals surface area contributed by atoms with E-state index in [0.29, 0.717) is 48.6 Å². The zero-order valence-electron chi connectivity index (χ0n) is 25.3. The third kappa shape index (κ3) is 8.06. The van der Waals surface area contributed by atoms with Crippen LogP contribution in [0.25, 0.3) is 0 Å². The second kappa shape index (κ2) is 14.6. The molecule has 9 nitrogen and oxygen atoms in total. The average molecular weight is 677 g/mol. The Morgan fingerprint density at radius 3 is 2.39 bits per heavy atom. The van der Waals surface area contributed by atoms with Gasteiger partial charge in [-0.25, -0.2) is 4.79 Å². The van der Waals surface area contributed by atoms with E-state index in [4.69, 9.17) is 32.7 Å². The smallest absolute Gasteiger partial charge is 0.387 e. The van der Waals surface area contributed by atoms with Crippen molar-refractivity contribution in [2.75, 3.05) is 27.2 Å². The topological polar surface area (TPSA) is 98.3 Å². The second-order valence-electron chi connectivity index (χ2n) is 11.5. The zero-order valence-corrected chi connectivity index (χ0v) is 26.8. The third-order valence-corrected chi connectivity index (χ3v) is 8.53. The Morgan fingerprint density at radius 2 is 1.72 bits per heavy atom. The van der Waals surface area contributed by atoms with Crippen molar-refractivity contribution in [1.82, 2.24) is 14.8 Å². The number of benzene rings is 2. The number of hydrogen-bond donors (Lipinski definition) is 0. The molecule has 2 aliphatic rings. The Bertz CT molecular complexity index is 1580.